The van der Waals surface area contributed by atoms with Crippen LogP contribution in [0.15, 0.2) is 24.3 Å². The summed E-state index contributed by atoms with van der Waals surface area (Å²) in [6.07, 6.45) is 5.14. The Morgan fingerprint density at radius 3 is 1.28 bits per heavy atom. The third-order valence-electron chi connectivity index (χ3n) is 6.73. The Morgan fingerprint density at radius 2 is 0.897 bits per heavy atom. The third kappa shape index (κ3) is 2.63. The fourth-order valence-electron chi connectivity index (χ4n) is 4.98. The van der Waals surface area contributed by atoms with Crippen LogP contribution < -0.4 is 18.9 Å². The zero-order valence-electron chi connectivity index (χ0n) is 16.3. The Bertz CT molecular complexity index is 912. The van der Waals surface area contributed by atoms with Crippen molar-refractivity contribution >= 4 is 0 Å². The van der Waals surface area contributed by atoms with Crippen molar-refractivity contribution in [3.05, 3.63) is 35.4 Å². The Kier molecular flexibility index (Phi) is 3.42. The molecular formula is C24H24O5. The van der Waals surface area contributed by atoms with E-state index in [2.05, 4.69) is 24.3 Å². The van der Waals surface area contributed by atoms with E-state index in [0.29, 0.717) is 38.3 Å². The predicted octanol–water partition coefficient (Wildman–Crippen LogP) is 4.83. The molecule has 2 fully saturated rings. The van der Waals surface area contributed by atoms with Crippen molar-refractivity contribution in [3.63, 3.8) is 0 Å². The summed E-state index contributed by atoms with van der Waals surface area (Å²) >= 11 is 0. The molecule has 0 bridgehead atoms. The highest BCUT2D eigenvalue weighted by Crippen LogP contribution is 2.58. The van der Waals surface area contributed by atoms with Crippen molar-refractivity contribution < 1.29 is 23.7 Å². The molecule has 0 saturated heterocycles. The lowest BCUT2D eigenvalue weighted by atomic mass is 9.90. The first-order chi connectivity index (χ1) is 14.3. The molecule has 0 radical (unpaired) electrons. The first-order valence-corrected chi connectivity index (χ1v) is 10.9. The fraction of sp³-hybridized carbons (Fsp3) is 0.500. The SMILES string of the molecule is c1c2c(cc3c1-c1cc4c(cc1[C@@H](C1CC1)O[C@H]3C1CC1)OCCO4)OCCO2. The van der Waals surface area contributed by atoms with Crippen LogP contribution in [-0.2, 0) is 4.74 Å². The molecule has 0 aromatic heterocycles. The van der Waals surface area contributed by atoms with Gasteiger partial charge in [-0.15, -0.1) is 0 Å². The van der Waals surface area contributed by atoms with Crippen molar-refractivity contribution in [1.29, 1.82) is 0 Å². The number of hydrogen-bond donors (Lipinski definition) is 0. The van der Waals surface area contributed by atoms with Gasteiger partial charge in [-0.05, 0) is 84.0 Å². The summed E-state index contributed by atoms with van der Waals surface area (Å²) in [7, 11) is 0. The van der Waals surface area contributed by atoms with Gasteiger partial charge in [-0.25, -0.2) is 0 Å². The average Bonchev–Trinajstić information content (AvgIpc) is 3.65. The maximum Gasteiger partial charge on any atom is 0.162 e. The van der Waals surface area contributed by atoms with Gasteiger partial charge in [-0.2, -0.15) is 0 Å². The number of hydrogen-bond acceptors (Lipinski definition) is 5. The molecular weight excluding hydrogens is 368 g/mol. The van der Waals surface area contributed by atoms with Crippen molar-refractivity contribution in [2.24, 2.45) is 11.8 Å². The summed E-state index contributed by atoms with van der Waals surface area (Å²) < 4.78 is 30.6. The van der Waals surface area contributed by atoms with E-state index in [0.717, 1.165) is 23.0 Å². The molecule has 3 heterocycles. The van der Waals surface area contributed by atoms with Crippen molar-refractivity contribution in [2.75, 3.05) is 26.4 Å². The lowest BCUT2D eigenvalue weighted by molar-refractivity contribution is -0.0369. The highest BCUT2D eigenvalue weighted by atomic mass is 16.6. The Labute approximate surface area is 169 Å². The number of ether oxygens (including phenoxy) is 5. The first-order valence-electron chi connectivity index (χ1n) is 10.9. The van der Waals surface area contributed by atoms with Gasteiger partial charge in [0.05, 0.1) is 12.2 Å². The van der Waals surface area contributed by atoms with E-state index in [-0.39, 0.29) is 12.2 Å². The number of rotatable bonds is 2. The zero-order chi connectivity index (χ0) is 18.9. The minimum Gasteiger partial charge on any atom is -0.486 e. The van der Waals surface area contributed by atoms with Gasteiger partial charge in [0.15, 0.2) is 23.0 Å². The van der Waals surface area contributed by atoms with E-state index in [1.807, 2.05) is 0 Å². The molecule has 150 valence electrons. The van der Waals surface area contributed by atoms with Gasteiger partial charge in [0, 0.05) is 0 Å². The summed E-state index contributed by atoms with van der Waals surface area (Å²) in [4.78, 5) is 0. The summed E-state index contributed by atoms with van der Waals surface area (Å²) in [6.45, 7) is 2.38. The molecule has 5 nitrogen and oxygen atoms in total. The molecule has 5 heteroatoms. The lowest BCUT2D eigenvalue weighted by Gasteiger charge is -2.25. The summed E-state index contributed by atoms with van der Waals surface area (Å²) in [5, 5.41) is 0. The Morgan fingerprint density at radius 1 is 0.517 bits per heavy atom. The Hall–Kier alpha value is -2.40. The normalized spacial score (nSPS) is 26.9. The molecule has 0 N–H and O–H groups in total. The Balaban J connectivity index is 1.48. The highest BCUT2D eigenvalue weighted by molar-refractivity contribution is 5.78. The summed E-state index contributed by atoms with van der Waals surface area (Å²) in [6, 6.07) is 8.66. The average molecular weight is 392 g/mol. The van der Waals surface area contributed by atoms with Crippen LogP contribution >= 0.6 is 0 Å². The summed E-state index contributed by atoms with van der Waals surface area (Å²) in [5.74, 6) is 4.52. The minimum absolute atomic E-state index is 0.109. The highest BCUT2D eigenvalue weighted by Gasteiger charge is 2.44. The molecule has 5 aliphatic rings. The topological polar surface area (TPSA) is 46.2 Å². The molecule has 0 unspecified atom stereocenters. The van der Waals surface area contributed by atoms with Crippen molar-refractivity contribution in [1.82, 2.24) is 0 Å². The van der Waals surface area contributed by atoms with Crippen LogP contribution in [0.2, 0.25) is 0 Å². The van der Waals surface area contributed by atoms with Gasteiger partial charge >= 0.3 is 0 Å². The standard InChI is InChI=1S/C24H24O5/c1-2-13(1)23-17-11-21-19(25-5-7-27-21)9-15(17)16-10-20-22(28-8-6-26-20)12-18(16)24(29-23)14-3-4-14/h9-14,23-24H,1-8H2/t23-,24+. The van der Waals surface area contributed by atoms with Crippen LogP contribution in [0.25, 0.3) is 11.1 Å². The van der Waals surface area contributed by atoms with Crippen LogP contribution in [0.5, 0.6) is 23.0 Å². The third-order valence-corrected chi connectivity index (χ3v) is 6.73. The van der Waals surface area contributed by atoms with Crippen molar-refractivity contribution in [2.45, 2.75) is 37.9 Å². The van der Waals surface area contributed by atoms with Gasteiger partial charge in [-0.1, -0.05) is 0 Å². The van der Waals surface area contributed by atoms with E-state index in [4.69, 9.17) is 23.7 Å². The molecule has 2 aliphatic carbocycles. The molecule has 2 atom stereocenters. The quantitative estimate of drug-likeness (QED) is 0.733. The second-order valence-electron chi connectivity index (χ2n) is 8.82. The fourth-order valence-corrected chi connectivity index (χ4v) is 4.98. The summed E-state index contributed by atoms with van der Waals surface area (Å²) in [5.41, 5.74) is 4.86. The van der Waals surface area contributed by atoms with Crippen molar-refractivity contribution in [3.8, 4) is 34.1 Å². The van der Waals surface area contributed by atoms with Gasteiger partial charge in [0.25, 0.3) is 0 Å². The lowest BCUT2D eigenvalue weighted by Crippen LogP contribution is -2.17. The molecule has 3 aliphatic heterocycles. The van der Waals surface area contributed by atoms with Crippen LogP contribution in [0.3, 0.4) is 0 Å². The molecule has 0 amide bonds. The molecule has 7 rings (SSSR count). The maximum absolute atomic E-state index is 6.90. The predicted molar refractivity (Wildman–Crippen MR) is 106 cm³/mol. The van der Waals surface area contributed by atoms with E-state index in [1.165, 1.54) is 47.9 Å². The smallest absolute Gasteiger partial charge is 0.162 e. The van der Waals surface area contributed by atoms with Gasteiger partial charge in [0.2, 0.25) is 0 Å². The van der Waals surface area contributed by atoms with Crippen LogP contribution in [0.1, 0.15) is 49.0 Å². The molecule has 0 spiro atoms. The molecule has 29 heavy (non-hydrogen) atoms. The maximum atomic E-state index is 6.90. The van der Waals surface area contributed by atoms with Gasteiger partial charge in [-0.3, -0.25) is 0 Å². The first kappa shape index (κ1) is 16.4. The number of benzene rings is 2. The molecule has 2 aromatic rings. The largest absolute Gasteiger partial charge is 0.486 e. The zero-order valence-corrected chi connectivity index (χ0v) is 16.3. The molecule has 2 aromatic carbocycles. The van der Waals surface area contributed by atoms with E-state index in [1.54, 1.807) is 0 Å². The monoisotopic (exact) mass is 392 g/mol. The molecule has 2 saturated carbocycles. The van der Waals surface area contributed by atoms with E-state index >= 15 is 0 Å². The number of fused-ring (bicyclic) bond motifs is 5. The van der Waals surface area contributed by atoms with Gasteiger partial charge < -0.3 is 23.7 Å². The van der Waals surface area contributed by atoms with Crippen LogP contribution in [0.4, 0.5) is 0 Å². The van der Waals surface area contributed by atoms with E-state index < -0.39 is 0 Å². The van der Waals surface area contributed by atoms with Crippen LogP contribution in [0, 0.1) is 11.8 Å². The van der Waals surface area contributed by atoms with E-state index in [9.17, 15) is 0 Å². The van der Waals surface area contributed by atoms with Gasteiger partial charge in [0.1, 0.15) is 26.4 Å². The van der Waals surface area contributed by atoms with Crippen LogP contribution in [-0.4, -0.2) is 26.4 Å². The second kappa shape index (κ2) is 6.05. The second-order valence-corrected chi connectivity index (χ2v) is 8.82. The minimum atomic E-state index is 0.109.